The van der Waals surface area contributed by atoms with Crippen LogP contribution in [-0.2, 0) is 0 Å². The summed E-state index contributed by atoms with van der Waals surface area (Å²) < 4.78 is 13.0. The number of nitrogens with two attached hydrogens (primary N) is 1. The van der Waals surface area contributed by atoms with Gasteiger partial charge in [0, 0.05) is 18.2 Å². The van der Waals surface area contributed by atoms with Crippen molar-refractivity contribution in [3.05, 3.63) is 29.1 Å². The first kappa shape index (κ1) is 14.2. The second-order valence-corrected chi connectivity index (χ2v) is 3.25. The van der Waals surface area contributed by atoms with Gasteiger partial charge in [-0.15, -0.1) is 12.4 Å². The Hall–Kier alpha value is -0.840. The van der Waals surface area contributed by atoms with Crippen molar-refractivity contribution < 1.29 is 14.6 Å². The fourth-order valence-electron chi connectivity index (χ4n) is 1.43. The van der Waals surface area contributed by atoms with Gasteiger partial charge >= 0.3 is 0 Å². The number of aryl methyl sites for hydroxylation is 1. The van der Waals surface area contributed by atoms with E-state index in [1.165, 1.54) is 6.07 Å². The summed E-state index contributed by atoms with van der Waals surface area (Å²) in [7, 11) is 0. The van der Waals surface area contributed by atoms with Gasteiger partial charge in [0.2, 0.25) is 0 Å². The number of hydrogen-bond acceptors (Lipinski definition) is 3. The van der Waals surface area contributed by atoms with Crippen LogP contribution in [-0.4, -0.2) is 16.8 Å². The summed E-state index contributed by atoms with van der Waals surface area (Å²) in [6, 6.07) is 2.22. The van der Waals surface area contributed by atoms with Crippen molar-refractivity contribution in [2.45, 2.75) is 19.4 Å². The molecule has 1 aromatic carbocycles. The number of phenolic OH excluding ortho intramolecular Hbond substituents is 1. The molecule has 0 saturated carbocycles. The highest BCUT2D eigenvalue weighted by Crippen LogP contribution is 2.30. The third-order valence-electron chi connectivity index (χ3n) is 2.20. The number of aromatic hydroxyl groups is 1. The normalized spacial score (nSPS) is 12.0. The minimum absolute atomic E-state index is 0. The van der Waals surface area contributed by atoms with E-state index in [0.29, 0.717) is 12.0 Å². The summed E-state index contributed by atoms with van der Waals surface area (Å²) in [6.45, 7) is 1.66. The van der Waals surface area contributed by atoms with Crippen LogP contribution in [0, 0.1) is 12.7 Å². The van der Waals surface area contributed by atoms with Gasteiger partial charge in [-0.1, -0.05) is 6.07 Å². The maximum atomic E-state index is 13.0. The van der Waals surface area contributed by atoms with E-state index in [4.69, 9.17) is 10.8 Å². The Morgan fingerprint density at radius 3 is 2.60 bits per heavy atom. The lowest BCUT2D eigenvalue weighted by atomic mass is 9.98. The fraction of sp³-hybridized carbons (Fsp3) is 0.400. The van der Waals surface area contributed by atoms with Crippen LogP contribution in [0.15, 0.2) is 12.1 Å². The number of rotatable bonds is 3. The molecular weight excluding hydrogens is 221 g/mol. The Labute approximate surface area is 94.1 Å². The van der Waals surface area contributed by atoms with Crippen molar-refractivity contribution >= 4 is 12.4 Å². The van der Waals surface area contributed by atoms with E-state index in [-0.39, 0.29) is 19.0 Å². The molecule has 0 heterocycles. The molecule has 3 nitrogen and oxygen atoms in total. The SMILES string of the molecule is Cc1ccc(F)c(O)c1[C@@H](N)CCO.Cl. The molecule has 0 amide bonds. The zero-order valence-corrected chi connectivity index (χ0v) is 9.22. The maximum absolute atomic E-state index is 13.0. The molecule has 1 atom stereocenters. The third-order valence-corrected chi connectivity index (χ3v) is 2.20. The molecule has 0 radical (unpaired) electrons. The predicted octanol–water partition coefficient (Wildman–Crippen LogP) is 1.64. The lowest BCUT2D eigenvalue weighted by Crippen LogP contribution is -2.14. The molecule has 1 aromatic rings. The highest BCUT2D eigenvalue weighted by atomic mass is 35.5. The van der Waals surface area contributed by atoms with Crippen molar-refractivity contribution in [3.8, 4) is 5.75 Å². The number of phenols is 1. The predicted molar refractivity (Wildman–Crippen MR) is 58.7 cm³/mol. The van der Waals surface area contributed by atoms with E-state index in [2.05, 4.69) is 0 Å². The van der Waals surface area contributed by atoms with Gasteiger partial charge in [-0.2, -0.15) is 0 Å². The lowest BCUT2D eigenvalue weighted by molar-refractivity contribution is 0.275. The molecule has 0 aliphatic heterocycles. The minimum atomic E-state index is -0.681. The summed E-state index contributed by atoms with van der Waals surface area (Å²) in [5.41, 5.74) is 6.79. The van der Waals surface area contributed by atoms with Crippen molar-refractivity contribution in [2.75, 3.05) is 6.61 Å². The average Bonchev–Trinajstić information content (AvgIpc) is 2.13. The second kappa shape index (κ2) is 5.90. The summed E-state index contributed by atoms with van der Waals surface area (Å²) in [6.07, 6.45) is 0.303. The summed E-state index contributed by atoms with van der Waals surface area (Å²) >= 11 is 0. The van der Waals surface area contributed by atoms with Crippen LogP contribution >= 0.6 is 12.4 Å². The standard InChI is InChI=1S/C10H14FNO2.ClH/c1-6-2-3-7(11)10(14)9(6)8(12)4-5-13;/h2-3,8,13-14H,4-5,12H2,1H3;1H/t8-;/m0./s1. The molecule has 0 aliphatic carbocycles. The molecule has 0 aliphatic rings. The number of aliphatic hydroxyl groups excluding tert-OH is 1. The third kappa shape index (κ3) is 3.06. The molecular formula is C10H15ClFNO2. The van der Waals surface area contributed by atoms with E-state index >= 15 is 0 Å². The Balaban J connectivity index is 0.00000196. The van der Waals surface area contributed by atoms with Gasteiger partial charge in [0.1, 0.15) is 0 Å². The van der Waals surface area contributed by atoms with Crippen molar-refractivity contribution in [3.63, 3.8) is 0 Å². The molecule has 15 heavy (non-hydrogen) atoms. The molecule has 0 spiro atoms. The highest BCUT2D eigenvalue weighted by molar-refractivity contribution is 5.85. The quantitative estimate of drug-likeness (QED) is 0.746. The largest absolute Gasteiger partial charge is 0.505 e. The zero-order chi connectivity index (χ0) is 10.7. The summed E-state index contributed by atoms with van der Waals surface area (Å²) in [4.78, 5) is 0. The van der Waals surface area contributed by atoms with Crippen molar-refractivity contribution in [1.82, 2.24) is 0 Å². The Morgan fingerprint density at radius 2 is 2.07 bits per heavy atom. The first-order chi connectivity index (χ1) is 6.57. The number of benzene rings is 1. The number of halogens is 2. The topological polar surface area (TPSA) is 66.5 Å². The molecule has 86 valence electrons. The molecule has 5 heteroatoms. The summed E-state index contributed by atoms with van der Waals surface area (Å²) in [5.74, 6) is -1.09. The van der Waals surface area contributed by atoms with Gasteiger partial charge in [-0.25, -0.2) is 4.39 Å². The lowest BCUT2D eigenvalue weighted by Gasteiger charge is -2.15. The molecule has 0 fully saturated rings. The van der Waals surface area contributed by atoms with Crippen LogP contribution in [0.5, 0.6) is 5.75 Å². The van der Waals surface area contributed by atoms with E-state index < -0.39 is 17.6 Å². The first-order valence-corrected chi connectivity index (χ1v) is 4.42. The van der Waals surface area contributed by atoms with Crippen LogP contribution in [0.1, 0.15) is 23.6 Å². The number of aliphatic hydroxyl groups is 1. The monoisotopic (exact) mass is 235 g/mol. The van der Waals surface area contributed by atoms with Crippen LogP contribution < -0.4 is 5.73 Å². The Morgan fingerprint density at radius 1 is 1.47 bits per heavy atom. The van der Waals surface area contributed by atoms with Gasteiger partial charge in [0.15, 0.2) is 11.6 Å². The van der Waals surface area contributed by atoms with Crippen LogP contribution in [0.25, 0.3) is 0 Å². The van der Waals surface area contributed by atoms with E-state index in [0.717, 1.165) is 5.56 Å². The molecule has 1 rings (SSSR count). The van der Waals surface area contributed by atoms with Crippen LogP contribution in [0.2, 0.25) is 0 Å². The minimum Gasteiger partial charge on any atom is -0.505 e. The van der Waals surface area contributed by atoms with E-state index in [1.54, 1.807) is 13.0 Å². The molecule has 0 unspecified atom stereocenters. The molecule has 0 bridgehead atoms. The second-order valence-electron chi connectivity index (χ2n) is 3.25. The highest BCUT2D eigenvalue weighted by Gasteiger charge is 2.16. The fourth-order valence-corrected chi connectivity index (χ4v) is 1.43. The molecule has 4 N–H and O–H groups in total. The van der Waals surface area contributed by atoms with E-state index in [1.807, 2.05) is 0 Å². The maximum Gasteiger partial charge on any atom is 0.165 e. The van der Waals surface area contributed by atoms with E-state index in [9.17, 15) is 9.50 Å². The Bertz CT molecular complexity index is 333. The zero-order valence-electron chi connectivity index (χ0n) is 8.40. The average molecular weight is 236 g/mol. The molecule has 0 saturated heterocycles. The van der Waals surface area contributed by atoms with Crippen molar-refractivity contribution in [1.29, 1.82) is 0 Å². The van der Waals surface area contributed by atoms with Gasteiger partial charge < -0.3 is 15.9 Å². The summed E-state index contributed by atoms with van der Waals surface area (Å²) in [5, 5.41) is 18.1. The smallest absolute Gasteiger partial charge is 0.165 e. The van der Waals surface area contributed by atoms with Gasteiger partial charge in [0.25, 0.3) is 0 Å². The van der Waals surface area contributed by atoms with Crippen molar-refractivity contribution in [2.24, 2.45) is 5.73 Å². The molecule has 0 aromatic heterocycles. The van der Waals surface area contributed by atoms with Gasteiger partial charge in [0.05, 0.1) is 0 Å². The van der Waals surface area contributed by atoms with Crippen LogP contribution in [0.3, 0.4) is 0 Å². The first-order valence-electron chi connectivity index (χ1n) is 4.42. The Kier molecular flexibility index (Phi) is 5.57. The van der Waals surface area contributed by atoms with Gasteiger partial charge in [-0.05, 0) is 25.0 Å². The van der Waals surface area contributed by atoms with Gasteiger partial charge in [-0.3, -0.25) is 0 Å². The number of hydrogen-bond donors (Lipinski definition) is 3. The van der Waals surface area contributed by atoms with Crippen LogP contribution in [0.4, 0.5) is 4.39 Å².